The number of rotatable bonds is 3. The molecule has 1 aromatic rings. The minimum Gasteiger partial charge on any atom is -0.378 e. The smallest absolute Gasteiger partial charge is 0.133 e. The normalized spacial score (nSPS) is 24.6. The van der Waals surface area contributed by atoms with Crippen LogP contribution in [0.1, 0.15) is 51.3 Å². The lowest BCUT2D eigenvalue weighted by Crippen LogP contribution is -2.38. The van der Waals surface area contributed by atoms with Crippen LogP contribution in [0.5, 0.6) is 0 Å². The third-order valence-electron chi connectivity index (χ3n) is 4.53. The van der Waals surface area contributed by atoms with Gasteiger partial charge in [-0.05, 0) is 37.7 Å². The molecule has 1 aromatic heterocycles. The van der Waals surface area contributed by atoms with Gasteiger partial charge in [-0.2, -0.15) is 0 Å². The van der Waals surface area contributed by atoms with Gasteiger partial charge in [-0.3, -0.25) is 0 Å². The van der Waals surface area contributed by atoms with Crippen LogP contribution in [0.3, 0.4) is 0 Å². The third kappa shape index (κ3) is 2.95. The molecule has 1 unspecified atom stereocenters. The number of ether oxygens (including phenoxy) is 1. The van der Waals surface area contributed by atoms with Gasteiger partial charge >= 0.3 is 0 Å². The molecular formula is C16H25N3O. The standard InChI is InChI=1S/C16H25N3O/c1-12(2)16-17-8-5-15(18-16)19-9-6-13(7-10-19)14-4-3-11-20-14/h5,8,12-14H,3-4,6-7,9-11H2,1-2H3. The number of anilines is 1. The van der Waals surface area contributed by atoms with Crippen molar-refractivity contribution >= 4 is 5.82 Å². The molecule has 2 fully saturated rings. The van der Waals surface area contributed by atoms with Gasteiger partial charge in [-0.25, -0.2) is 9.97 Å². The molecule has 1 atom stereocenters. The van der Waals surface area contributed by atoms with E-state index in [1.165, 1.54) is 25.7 Å². The largest absolute Gasteiger partial charge is 0.378 e. The Labute approximate surface area is 121 Å². The van der Waals surface area contributed by atoms with Crippen LogP contribution in [0, 0.1) is 5.92 Å². The van der Waals surface area contributed by atoms with Crippen molar-refractivity contribution in [2.24, 2.45) is 5.92 Å². The summed E-state index contributed by atoms with van der Waals surface area (Å²) in [6.45, 7) is 7.44. The van der Waals surface area contributed by atoms with Gasteiger partial charge in [-0.15, -0.1) is 0 Å². The minimum absolute atomic E-state index is 0.388. The van der Waals surface area contributed by atoms with E-state index in [4.69, 9.17) is 9.72 Å². The first-order chi connectivity index (χ1) is 9.74. The Balaban J connectivity index is 1.61. The minimum atomic E-state index is 0.388. The van der Waals surface area contributed by atoms with Crippen molar-refractivity contribution in [3.05, 3.63) is 18.1 Å². The lowest BCUT2D eigenvalue weighted by Gasteiger charge is -2.35. The van der Waals surface area contributed by atoms with E-state index in [9.17, 15) is 0 Å². The highest BCUT2D eigenvalue weighted by atomic mass is 16.5. The summed E-state index contributed by atoms with van der Waals surface area (Å²) in [4.78, 5) is 11.5. The molecule has 0 amide bonds. The zero-order valence-corrected chi connectivity index (χ0v) is 12.6. The molecule has 3 heterocycles. The second-order valence-corrected chi connectivity index (χ2v) is 6.30. The van der Waals surface area contributed by atoms with Gasteiger partial charge in [0.15, 0.2) is 0 Å². The predicted octanol–water partition coefficient (Wildman–Crippen LogP) is 3.00. The van der Waals surface area contributed by atoms with E-state index in [2.05, 4.69) is 23.7 Å². The van der Waals surface area contributed by atoms with Gasteiger partial charge in [0, 0.05) is 31.8 Å². The Morgan fingerprint density at radius 2 is 2.05 bits per heavy atom. The van der Waals surface area contributed by atoms with E-state index in [-0.39, 0.29) is 0 Å². The summed E-state index contributed by atoms with van der Waals surface area (Å²) < 4.78 is 5.84. The van der Waals surface area contributed by atoms with E-state index < -0.39 is 0 Å². The van der Waals surface area contributed by atoms with Crippen LogP contribution in [-0.4, -0.2) is 35.8 Å². The molecule has 0 radical (unpaired) electrons. The first kappa shape index (κ1) is 13.8. The molecule has 2 aliphatic rings. The van der Waals surface area contributed by atoms with Crippen LogP contribution in [0.25, 0.3) is 0 Å². The summed E-state index contributed by atoms with van der Waals surface area (Å²) in [5.41, 5.74) is 0. The van der Waals surface area contributed by atoms with Gasteiger partial charge < -0.3 is 9.64 Å². The molecule has 4 nitrogen and oxygen atoms in total. The molecule has 0 N–H and O–H groups in total. The highest BCUT2D eigenvalue weighted by molar-refractivity contribution is 5.38. The second-order valence-electron chi connectivity index (χ2n) is 6.30. The highest BCUT2D eigenvalue weighted by Crippen LogP contribution is 2.30. The lowest BCUT2D eigenvalue weighted by atomic mass is 9.90. The molecule has 3 rings (SSSR count). The fraction of sp³-hybridized carbons (Fsp3) is 0.750. The van der Waals surface area contributed by atoms with E-state index >= 15 is 0 Å². The van der Waals surface area contributed by atoms with Crippen molar-refractivity contribution in [3.8, 4) is 0 Å². The van der Waals surface area contributed by atoms with E-state index in [0.717, 1.165) is 37.3 Å². The third-order valence-corrected chi connectivity index (χ3v) is 4.53. The highest BCUT2D eigenvalue weighted by Gasteiger charge is 2.29. The summed E-state index contributed by atoms with van der Waals surface area (Å²) in [7, 11) is 0. The molecule has 0 spiro atoms. The summed E-state index contributed by atoms with van der Waals surface area (Å²) >= 11 is 0. The summed E-state index contributed by atoms with van der Waals surface area (Å²) in [6.07, 6.45) is 7.37. The SMILES string of the molecule is CC(C)c1nccc(N2CCC(C3CCCO3)CC2)n1. The van der Waals surface area contributed by atoms with E-state index in [0.29, 0.717) is 12.0 Å². The molecule has 4 heteroatoms. The molecule has 0 aromatic carbocycles. The Bertz CT molecular complexity index is 435. The van der Waals surface area contributed by atoms with Gasteiger partial charge in [0.2, 0.25) is 0 Å². The lowest BCUT2D eigenvalue weighted by molar-refractivity contribution is 0.0531. The van der Waals surface area contributed by atoms with Crippen molar-refractivity contribution in [2.75, 3.05) is 24.6 Å². The number of nitrogens with zero attached hydrogens (tertiary/aromatic N) is 3. The van der Waals surface area contributed by atoms with Crippen molar-refractivity contribution in [2.45, 2.75) is 51.6 Å². The Morgan fingerprint density at radius 3 is 2.70 bits per heavy atom. The zero-order valence-electron chi connectivity index (χ0n) is 12.6. The van der Waals surface area contributed by atoms with Crippen LogP contribution in [-0.2, 0) is 4.74 Å². The maximum atomic E-state index is 5.84. The Hall–Kier alpha value is -1.16. The molecular weight excluding hydrogens is 250 g/mol. The average Bonchev–Trinajstić information content (AvgIpc) is 3.02. The van der Waals surface area contributed by atoms with Crippen LogP contribution in [0.4, 0.5) is 5.82 Å². The zero-order chi connectivity index (χ0) is 13.9. The number of hydrogen-bond acceptors (Lipinski definition) is 4. The first-order valence-electron chi connectivity index (χ1n) is 7.93. The van der Waals surface area contributed by atoms with E-state index in [1.807, 2.05) is 12.3 Å². The van der Waals surface area contributed by atoms with Crippen LogP contribution in [0.15, 0.2) is 12.3 Å². The monoisotopic (exact) mass is 275 g/mol. The quantitative estimate of drug-likeness (QED) is 0.850. The second kappa shape index (κ2) is 6.08. The van der Waals surface area contributed by atoms with Crippen molar-refractivity contribution in [3.63, 3.8) is 0 Å². The van der Waals surface area contributed by atoms with Gasteiger partial charge in [0.05, 0.1) is 6.10 Å². The molecule has 2 saturated heterocycles. The average molecular weight is 275 g/mol. The van der Waals surface area contributed by atoms with Gasteiger partial charge in [0.1, 0.15) is 11.6 Å². The van der Waals surface area contributed by atoms with Crippen LogP contribution >= 0.6 is 0 Å². The van der Waals surface area contributed by atoms with Gasteiger partial charge in [0.25, 0.3) is 0 Å². The summed E-state index contributed by atoms with van der Waals surface area (Å²) in [5.74, 6) is 3.18. The maximum absolute atomic E-state index is 5.84. The maximum Gasteiger partial charge on any atom is 0.133 e. The van der Waals surface area contributed by atoms with Crippen molar-refractivity contribution in [1.29, 1.82) is 0 Å². The molecule has 20 heavy (non-hydrogen) atoms. The fourth-order valence-electron chi connectivity index (χ4n) is 3.29. The summed E-state index contributed by atoms with van der Waals surface area (Å²) in [6, 6.07) is 2.04. The molecule has 2 aliphatic heterocycles. The van der Waals surface area contributed by atoms with Gasteiger partial charge in [-0.1, -0.05) is 13.8 Å². The predicted molar refractivity (Wildman–Crippen MR) is 80.0 cm³/mol. The Morgan fingerprint density at radius 1 is 1.25 bits per heavy atom. The summed E-state index contributed by atoms with van der Waals surface area (Å²) in [5, 5.41) is 0. The number of hydrogen-bond donors (Lipinski definition) is 0. The molecule has 110 valence electrons. The fourth-order valence-corrected chi connectivity index (χ4v) is 3.29. The number of aromatic nitrogens is 2. The van der Waals surface area contributed by atoms with Crippen LogP contribution < -0.4 is 4.90 Å². The molecule has 0 saturated carbocycles. The molecule has 0 bridgehead atoms. The van der Waals surface area contributed by atoms with Crippen molar-refractivity contribution in [1.82, 2.24) is 9.97 Å². The molecule has 0 aliphatic carbocycles. The topological polar surface area (TPSA) is 38.2 Å². The van der Waals surface area contributed by atoms with E-state index in [1.54, 1.807) is 0 Å². The van der Waals surface area contributed by atoms with Crippen molar-refractivity contribution < 1.29 is 4.74 Å². The van der Waals surface area contributed by atoms with Crippen LogP contribution in [0.2, 0.25) is 0 Å². The number of piperidine rings is 1. The Kier molecular flexibility index (Phi) is 4.20. The first-order valence-corrected chi connectivity index (χ1v) is 7.93.